The minimum absolute atomic E-state index is 0.621. The van der Waals surface area contributed by atoms with Gasteiger partial charge in [-0.05, 0) is 55.0 Å². The third-order valence-corrected chi connectivity index (χ3v) is 5.00. The van der Waals surface area contributed by atoms with Gasteiger partial charge in [-0.3, -0.25) is 4.90 Å². The molecule has 0 spiro atoms. The van der Waals surface area contributed by atoms with E-state index in [-0.39, 0.29) is 0 Å². The SMILES string of the molecule is Clc1ccc(CN2[CH]CC(Cc3ccccc3)CC2)cc1Cl. The summed E-state index contributed by atoms with van der Waals surface area (Å²) in [7, 11) is 0. The van der Waals surface area contributed by atoms with Crippen molar-refractivity contribution in [2.75, 3.05) is 6.54 Å². The average Bonchev–Trinajstić information content (AvgIpc) is 2.54. The molecule has 1 radical (unpaired) electrons. The number of hydrogen-bond donors (Lipinski definition) is 0. The Bertz CT molecular complexity index is 604. The van der Waals surface area contributed by atoms with E-state index in [1.165, 1.54) is 24.0 Å². The molecular formula is C19H20Cl2N. The van der Waals surface area contributed by atoms with Crippen molar-refractivity contribution in [3.8, 4) is 0 Å². The van der Waals surface area contributed by atoms with Crippen molar-refractivity contribution >= 4 is 23.2 Å². The zero-order chi connectivity index (χ0) is 15.4. The minimum Gasteiger partial charge on any atom is -0.295 e. The van der Waals surface area contributed by atoms with Crippen molar-refractivity contribution in [3.05, 3.63) is 76.2 Å². The third-order valence-electron chi connectivity index (χ3n) is 4.26. The first-order valence-electron chi connectivity index (χ1n) is 7.76. The summed E-state index contributed by atoms with van der Waals surface area (Å²) in [6.45, 7) is 4.37. The summed E-state index contributed by atoms with van der Waals surface area (Å²) in [5.41, 5.74) is 2.66. The van der Waals surface area contributed by atoms with E-state index in [4.69, 9.17) is 23.2 Å². The van der Waals surface area contributed by atoms with Crippen LogP contribution in [-0.2, 0) is 13.0 Å². The quantitative estimate of drug-likeness (QED) is 0.703. The van der Waals surface area contributed by atoms with Gasteiger partial charge in [-0.1, -0.05) is 59.6 Å². The van der Waals surface area contributed by atoms with E-state index in [9.17, 15) is 0 Å². The molecule has 3 heteroatoms. The van der Waals surface area contributed by atoms with Gasteiger partial charge < -0.3 is 0 Å². The second-order valence-corrected chi connectivity index (χ2v) is 6.80. The predicted octanol–water partition coefficient (Wildman–Crippen LogP) is 5.61. The van der Waals surface area contributed by atoms with Gasteiger partial charge in [-0.2, -0.15) is 0 Å². The van der Waals surface area contributed by atoms with Crippen LogP contribution in [0.1, 0.15) is 24.0 Å². The van der Waals surface area contributed by atoms with Crippen molar-refractivity contribution < 1.29 is 0 Å². The molecule has 1 aliphatic heterocycles. The first-order chi connectivity index (χ1) is 10.7. The smallest absolute Gasteiger partial charge is 0.0595 e. The van der Waals surface area contributed by atoms with Crippen LogP contribution in [0.3, 0.4) is 0 Å². The molecule has 0 aliphatic carbocycles. The van der Waals surface area contributed by atoms with Crippen LogP contribution in [0.4, 0.5) is 0 Å². The number of likely N-dealkylation sites (tertiary alicyclic amines) is 1. The minimum atomic E-state index is 0.621. The van der Waals surface area contributed by atoms with E-state index >= 15 is 0 Å². The number of benzene rings is 2. The van der Waals surface area contributed by atoms with Crippen molar-refractivity contribution in [3.63, 3.8) is 0 Å². The fourth-order valence-corrected chi connectivity index (χ4v) is 3.33. The largest absolute Gasteiger partial charge is 0.295 e. The van der Waals surface area contributed by atoms with Crippen LogP contribution in [0.15, 0.2) is 48.5 Å². The molecule has 1 aliphatic rings. The Kier molecular flexibility index (Phi) is 5.41. The van der Waals surface area contributed by atoms with E-state index in [1.54, 1.807) is 0 Å². The molecule has 0 N–H and O–H groups in total. The van der Waals surface area contributed by atoms with Gasteiger partial charge in [-0.25, -0.2) is 0 Å². The standard InChI is InChI=1S/C19H20Cl2N/c20-18-7-6-17(13-19(18)21)14-22-10-8-16(9-11-22)12-15-4-2-1-3-5-15/h1-7,10,13,16H,8-9,11-12,14H2. The van der Waals surface area contributed by atoms with E-state index in [1.807, 2.05) is 12.1 Å². The summed E-state index contributed by atoms with van der Waals surface area (Å²) in [5.74, 6) is 0.757. The van der Waals surface area contributed by atoms with Crippen molar-refractivity contribution in [2.45, 2.75) is 25.8 Å². The number of nitrogens with zero attached hydrogens (tertiary/aromatic N) is 1. The first kappa shape index (κ1) is 15.9. The summed E-state index contributed by atoms with van der Waals surface area (Å²) in [5, 5.41) is 1.26. The summed E-state index contributed by atoms with van der Waals surface area (Å²) in [4.78, 5) is 2.39. The van der Waals surface area contributed by atoms with Gasteiger partial charge >= 0.3 is 0 Å². The van der Waals surface area contributed by atoms with E-state index in [2.05, 4.69) is 47.8 Å². The fraction of sp³-hybridized carbons (Fsp3) is 0.316. The molecule has 1 saturated heterocycles. The summed E-state index contributed by atoms with van der Waals surface area (Å²) < 4.78 is 0. The maximum Gasteiger partial charge on any atom is 0.0595 e. The fourth-order valence-electron chi connectivity index (χ4n) is 3.00. The lowest BCUT2D eigenvalue weighted by molar-refractivity contribution is 0.225. The Morgan fingerprint density at radius 3 is 2.45 bits per heavy atom. The Morgan fingerprint density at radius 1 is 0.955 bits per heavy atom. The summed E-state index contributed by atoms with van der Waals surface area (Å²) >= 11 is 12.1. The molecule has 0 aromatic heterocycles. The Labute approximate surface area is 142 Å². The Hall–Kier alpha value is -1.02. The highest BCUT2D eigenvalue weighted by atomic mass is 35.5. The molecule has 115 valence electrons. The second kappa shape index (κ2) is 7.50. The summed E-state index contributed by atoms with van der Waals surface area (Å²) in [6, 6.07) is 16.7. The molecule has 0 amide bonds. The van der Waals surface area contributed by atoms with Crippen LogP contribution in [-0.4, -0.2) is 11.4 Å². The van der Waals surface area contributed by atoms with Gasteiger partial charge in [0.2, 0.25) is 0 Å². The highest BCUT2D eigenvalue weighted by Gasteiger charge is 2.20. The van der Waals surface area contributed by atoms with Crippen LogP contribution in [0, 0.1) is 12.5 Å². The molecule has 0 saturated carbocycles. The van der Waals surface area contributed by atoms with E-state index in [0.717, 1.165) is 25.4 Å². The third kappa shape index (κ3) is 4.25. The number of rotatable bonds is 4. The monoisotopic (exact) mass is 332 g/mol. The van der Waals surface area contributed by atoms with Crippen LogP contribution < -0.4 is 0 Å². The zero-order valence-corrected chi connectivity index (χ0v) is 14.0. The van der Waals surface area contributed by atoms with Gasteiger partial charge in [0.05, 0.1) is 10.0 Å². The lowest BCUT2D eigenvalue weighted by Gasteiger charge is -2.31. The molecule has 22 heavy (non-hydrogen) atoms. The highest BCUT2D eigenvalue weighted by Crippen LogP contribution is 2.27. The maximum atomic E-state index is 6.08. The first-order valence-corrected chi connectivity index (χ1v) is 8.51. The van der Waals surface area contributed by atoms with Crippen LogP contribution in [0.25, 0.3) is 0 Å². The molecule has 1 nitrogen and oxygen atoms in total. The second-order valence-electron chi connectivity index (χ2n) is 5.98. The average molecular weight is 333 g/mol. The van der Waals surface area contributed by atoms with Gasteiger partial charge in [0.25, 0.3) is 0 Å². The lowest BCUT2D eigenvalue weighted by atomic mass is 9.90. The van der Waals surface area contributed by atoms with Gasteiger partial charge in [-0.15, -0.1) is 0 Å². The molecule has 1 fully saturated rings. The molecular weight excluding hydrogens is 313 g/mol. The van der Waals surface area contributed by atoms with Crippen LogP contribution >= 0.6 is 23.2 Å². The van der Waals surface area contributed by atoms with E-state index < -0.39 is 0 Å². The maximum absolute atomic E-state index is 6.08. The van der Waals surface area contributed by atoms with Gasteiger partial charge in [0.15, 0.2) is 0 Å². The lowest BCUT2D eigenvalue weighted by Crippen LogP contribution is -2.30. The predicted molar refractivity (Wildman–Crippen MR) is 94.0 cm³/mol. The molecule has 2 aromatic carbocycles. The molecule has 3 rings (SSSR count). The Balaban J connectivity index is 1.50. The van der Waals surface area contributed by atoms with E-state index in [0.29, 0.717) is 10.0 Å². The highest BCUT2D eigenvalue weighted by molar-refractivity contribution is 6.42. The van der Waals surface area contributed by atoms with Crippen molar-refractivity contribution in [2.24, 2.45) is 5.92 Å². The molecule has 1 atom stereocenters. The van der Waals surface area contributed by atoms with Gasteiger partial charge in [0, 0.05) is 13.1 Å². The molecule has 2 aromatic rings. The summed E-state index contributed by atoms with van der Waals surface area (Å²) in [6.07, 6.45) is 3.57. The van der Waals surface area contributed by atoms with Gasteiger partial charge in [0.1, 0.15) is 0 Å². The number of halogens is 2. The number of hydrogen-bond acceptors (Lipinski definition) is 1. The normalized spacial score (nSPS) is 16.8. The van der Waals surface area contributed by atoms with Crippen molar-refractivity contribution in [1.82, 2.24) is 4.90 Å². The number of piperidine rings is 1. The van der Waals surface area contributed by atoms with Crippen molar-refractivity contribution in [1.29, 1.82) is 0 Å². The topological polar surface area (TPSA) is 3.24 Å². The molecule has 1 unspecified atom stereocenters. The molecule has 0 bridgehead atoms. The molecule has 1 heterocycles. The van der Waals surface area contributed by atoms with Crippen LogP contribution in [0.2, 0.25) is 10.0 Å². The Morgan fingerprint density at radius 2 is 1.77 bits per heavy atom. The zero-order valence-electron chi connectivity index (χ0n) is 12.5. The van der Waals surface area contributed by atoms with Crippen LogP contribution in [0.5, 0.6) is 0 Å².